The van der Waals surface area contributed by atoms with Gasteiger partial charge in [0.05, 0.1) is 18.8 Å². The molecule has 8 heteroatoms. The molecule has 0 spiro atoms. The van der Waals surface area contributed by atoms with Crippen LogP contribution in [-0.4, -0.2) is 13.2 Å². The fourth-order valence-electron chi connectivity index (χ4n) is 5.09. The smallest absolute Gasteiger partial charge is 0.201 e. The summed E-state index contributed by atoms with van der Waals surface area (Å²) in [6.07, 6.45) is 3.80. The highest BCUT2D eigenvalue weighted by Crippen LogP contribution is 2.44. The molecule has 0 fully saturated rings. The standard InChI is InChI=1S/C30H26F6O2/c1-3-4-11-37-22-13-17-7-6-16-12-20(27(33)29(35)23(16)24(17)30(36)28(22)34)18-8-10-21(38-14-18)19-9-5-15(2)25(31)26(19)32/h5,9-10,12-13,18H,3-4,6-8,11,14H2,1-2H3. The molecule has 1 aliphatic heterocycles. The lowest BCUT2D eigenvalue weighted by molar-refractivity contribution is 0.231. The van der Waals surface area contributed by atoms with Gasteiger partial charge in [0.25, 0.3) is 0 Å². The average Bonchev–Trinajstić information content (AvgIpc) is 2.92. The van der Waals surface area contributed by atoms with E-state index in [-0.39, 0.29) is 59.0 Å². The topological polar surface area (TPSA) is 18.5 Å². The first-order chi connectivity index (χ1) is 18.2. The van der Waals surface area contributed by atoms with E-state index in [0.717, 1.165) is 6.42 Å². The van der Waals surface area contributed by atoms with Gasteiger partial charge >= 0.3 is 0 Å². The molecule has 0 saturated heterocycles. The van der Waals surface area contributed by atoms with Gasteiger partial charge in [0.15, 0.2) is 34.8 Å². The van der Waals surface area contributed by atoms with Crippen LogP contribution in [0.5, 0.6) is 5.75 Å². The van der Waals surface area contributed by atoms with Crippen molar-refractivity contribution in [3.63, 3.8) is 0 Å². The minimum atomic E-state index is -1.26. The Labute approximate surface area is 216 Å². The Balaban J connectivity index is 1.47. The number of rotatable bonds is 6. The summed E-state index contributed by atoms with van der Waals surface area (Å²) >= 11 is 0. The molecule has 0 N–H and O–H groups in total. The Bertz CT molecular complexity index is 1450. The second-order valence-corrected chi connectivity index (χ2v) is 9.74. The number of aryl methyl sites for hydroxylation is 3. The summed E-state index contributed by atoms with van der Waals surface area (Å²) < 4.78 is 100. The fraction of sp³-hybridized carbons (Fsp3) is 0.333. The predicted octanol–water partition coefficient (Wildman–Crippen LogP) is 8.32. The second kappa shape index (κ2) is 10.4. The highest BCUT2D eigenvalue weighted by atomic mass is 19.2. The van der Waals surface area contributed by atoms with Crippen LogP contribution in [0.2, 0.25) is 0 Å². The van der Waals surface area contributed by atoms with E-state index in [1.165, 1.54) is 37.3 Å². The summed E-state index contributed by atoms with van der Waals surface area (Å²) in [5, 5.41) is 0. The molecule has 0 radical (unpaired) electrons. The summed E-state index contributed by atoms with van der Waals surface area (Å²) in [4.78, 5) is 0. The lowest BCUT2D eigenvalue weighted by atomic mass is 9.81. The van der Waals surface area contributed by atoms with Gasteiger partial charge in [0.1, 0.15) is 5.76 Å². The number of benzene rings is 3. The molecule has 0 amide bonds. The third-order valence-corrected chi connectivity index (χ3v) is 7.25. The van der Waals surface area contributed by atoms with Crippen molar-refractivity contribution >= 4 is 5.76 Å². The van der Waals surface area contributed by atoms with Crippen LogP contribution in [0.25, 0.3) is 16.9 Å². The minimum Gasteiger partial charge on any atom is -0.493 e. The van der Waals surface area contributed by atoms with Crippen molar-refractivity contribution in [3.8, 4) is 16.9 Å². The molecular formula is C30H26F6O2. The van der Waals surface area contributed by atoms with Crippen LogP contribution in [0.15, 0.2) is 30.3 Å². The van der Waals surface area contributed by atoms with Gasteiger partial charge in [-0.05, 0) is 73.1 Å². The zero-order chi connectivity index (χ0) is 27.1. The first kappa shape index (κ1) is 26.2. The molecule has 200 valence electrons. The number of allylic oxidation sites excluding steroid dienone is 1. The Morgan fingerprint density at radius 1 is 0.842 bits per heavy atom. The lowest BCUT2D eigenvalue weighted by Crippen LogP contribution is -2.18. The van der Waals surface area contributed by atoms with Gasteiger partial charge in [0.2, 0.25) is 5.82 Å². The lowest BCUT2D eigenvalue weighted by Gasteiger charge is -2.27. The summed E-state index contributed by atoms with van der Waals surface area (Å²) in [6, 6.07) is 5.68. The van der Waals surface area contributed by atoms with Gasteiger partial charge < -0.3 is 9.47 Å². The first-order valence-corrected chi connectivity index (χ1v) is 12.7. The van der Waals surface area contributed by atoms with E-state index in [1.807, 2.05) is 6.92 Å². The second-order valence-electron chi connectivity index (χ2n) is 9.74. The molecule has 2 aliphatic rings. The van der Waals surface area contributed by atoms with Crippen LogP contribution >= 0.6 is 0 Å². The number of halogens is 6. The number of hydrogen-bond donors (Lipinski definition) is 0. The fourth-order valence-corrected chi connectivity index (χ4v) is 5.09. The summed E-state index contributed by atoms with van der Waals surface area (Å²) in [6.45, 7) is 3.52. The van der Waals surface area contributed by atoms with Crippen LogP contribution in [0.4, 0.5) is 26.3 Å². The van der Waals surface area contributed by atoms with Gasteiger partial charge in [-0.15, -0.1) is 0 Å². The van der Waals surface area contributed by atoms with Crippen LogP contribution in [0.3, 0.4) is 0 Å². The number of fused-ring (bicyclic) bond motifs is 3. The maximum Gasteiger partial charge on any atom is 0.201 e. The summed E-state index contributed by atoms with van der Waals surface area (Å²) in [5.41, 5.74) is 0.306. The molecule has 2 nitrogen and oxygen atoms in total. The largest absolute Gasteiger partial charge is 0.493 e. The van der Waals surface area contributed by atoms with Crippen LogP contribution < -0.4 is 4.74 Å². The van der Waals surface area contributed by atoms with Crippen LogP contribution in [0, 0.1) is 41.8 Å². The number of hydrogen-bond acceptors (Lipinski definition) is 2. The van der Waals surface area contributed by atoms with E-state index in [0.29, 0.717) is 30.4 Å². The SMILES string of the molecule is CCCCOc1cc2c(c(F)c1F)-c1c(cc(C3CC=C(c4ccc(C)c(F)c4F)OC3)c(F)c1F)CC2. The Morgan fingerprint density at radius 3 is 2.18 bits per heavy atom. The Morgan fingerprint density at radius 2 is 1.53 bits per heavy atom. The molecule has 1 aliphatic carbocycles. The quantitative estimate of drug-likeness (QED) is 0.235. The molecule has 1 heterocycles. The van der Waals surface area contributed by atoms with Crippen molar-refractivity contribution in [1.29, 1.82) is 0 Å². The molecule has 1 unspecified atom stereocenters. The van der Waals surface area contributed by atoms with Gasteiger partial charge in [0, 0.05) is 17.0 Å². The van der Waals surface area contributed by atoms with Crippen molar-refractivity contribution in [2.75, 3.05) is 13.2 Å². The molecule has 5 rings (SSSR count). The Kier molecular flexibility index (Phi) is 7.16. The van der Waals surface area contributed by atoms with Crippen molar-refractivity contribution in [2.45, 2.75) is 51.9 Å². The molecular weight excluding hydrogens is 506 g/mol. The molecule has 3 aromatic carbocycles. The monoisotopic (exact) mass is 532 g/mol. The summed E-state index contributed by atoms with van der Waals surface area (Å²) in [5.74, 6) is -7.63. The minimum absolute atomic E-state index is 0.0379. The molecule has 1 atom stereocenters. The zero-order valence-corrected chi connectivity index (χ0v) is 21.0. The van der Waals surface area contributed by atoms with Gasteiger partial charge in [-0.1, -0.05) is 25.5 Å². The molecule has 0 aromatic heterocycles. The van der Waals surface area contributed by atoms with E-state index in [2.05, 4.69) is 0 Å². The normalized spacial score (nSPS) is 16.4. The van der Waals surface area contributed by atoms with Crippen molar-refractivity contribution in [1.82, 2.24) is 0 Å². The van der Waals surface area contributed by atoms with Crippen LogP contribution in [-0.2, 0) is 17.6 Å². The van der Waals surface area contributed by atoms with E-state index >= 15 is 13.2 Å². The van der Waals surface area contributed by atoms with Crippen molar-refractivity contribution in [2.24, 2.45) is 0 Å². The summed E-state index contributed by atoms with van der Waals surface area (Å²) in [7, 11) is 0. The molecule has 38 heavy (non-hydrogen) atoms. The van der Waals surface area contributed by atoms with Gasteiger partial charge in [-0.3, -0.25) is 0 Å². The van der Waals surface area contributed by atoms with Gasteiger partial charge in [-0.25, -0.2) is 22.0 Å². The average molecular weight is 533 g/mol. The molecule has 0 bridgehead atoms. The van der Waals surface area contributed by atoms with Crippen molar-refractivity contribution in [3.05, 3.63) is 93.1 Å². The van der Waals surface area contributed by atoms with E-state index in [4.69, 9.17) is 9.47 Å². The molecule has 0 saturated carbocycles. The Hall–Kier alpha value is -3.42. The third-order valence-electron chi connectivity index (χ3n) is 7.25. The first-order valence-electron chi connectivity index (χ1n) is 12.7. The van der Waals surface area contributed by atoms with E-state index in [9.17, 15) is 13.2 Å². The molecule has 3 aromatic rings. The zero-order valence-electron chi connectivity index (χ0n) is 21.0. The van der Waals surface area contributed by atoms with E-state index in [1.54, 1.807) is 0 Å². The number of unbranched alkanes of at least 4 members (excludes halogenated alkanes) is 1. The number of ether oxygens (including phenoxy) is 2. The maximum absolute atomic E-state index is 15.5. The third kappa shape index (κ3) is 4.44. The van der Waals surface area contributed by atoms with Crippen LogP contribution in [0.1, 0.15) is 59.9 Å². The highest BCUT2D eigenvalue weighted by molar-refractivity contribution is 5.76. The predicted molar refractivity (Wildman–Crippen MR) is 132 cm³/mol. The highest BCUT2D eigenvalue weighted by Gasteiger charge is 2.33. The maximum atomic E-state index is 15.5. The van der Waals surface area contributed by atoms with Crippen molar-refractivity contribution < 1.29 is 35.8 Å². The van der Waals surface area contributed by atoms with E-state index < -0.39 is 40.8 Å². The van der Waals surface area contributed by atoms with Gasteiger partial charge in [-0.2, -0.15) is 4.39 Å².